The minimum absolute atomic E-state index is 0.221. The summed E-state index contributed by atoms with van der Waals surface area (Å²) in [6.07, 6.45) is 0. The lowest BCUT2D eigenvalue weighted by Crippen LogP contribution is -2.42. The van der Waals surface area contributed by atoms with Crippen LogP contribution in [0, 0.1) is 17.7 Å². The number of primary amides is 1. The fourth-order valence-corrected chi connectivity index (χ4v) is 2.56. The van der Waals surface area contributed by atoms with E-state index < -0.39 is 32.7 Å². The molecule has 108 valence electrons. The van der Waals surface area contributed by atoms with E-state index in [1.54, 1.807) is 0 Å². The van der Waals surface area contributed by atoms with Crippen LogP contribution in [0.4, 0.5) is 4.39 Å². The van der Waals surface area contributed by atoms with E-state index in [4.69, 9.17) is 10.8 Å². The SMILES string of the molecule is CC(NS(=O)(=O)c1ccc(C#CCO)cc1F)C(N)=O. The first kappa shape index (κ1) is 16.1. The quantitative estimate of drug-likeness (QED) is 0.640. The van der Waals surface area contributed by atoms with Gasteiger partial charge in [0.2, 0.25) is 15.9 Å². The number of carbonyl (C=O) groups is 1. The van der Waals surface area contributed by atoms with Crippen molar-refractivity contribution in [1.29, 1.82) is 0 Å². The Bertz CT molecular complexity index is 676. The summed E-state index contributed by atoms with van der Waals surface area (Å²) >= 11 is 0. The molecule has 4 N–H and O–H groups in total. The monoisotopic (exact) mass is 300 g/mol. The average Bonchev–Trinajstić information content (AvgIpc) is 2.35. The predicted octanol–water partition coefficient (Wildman–Crippen LogP) is -0.678. The summed E-state index contributed by atoms with van der Waals surface area (Å²) in [7, 11) is -4.20. The van der Waals surface area contributed by atoms with Gasteiger partial charge in [0.15, 0.2) is 0 Å². The van der Waals surface area contributed by atoms with E-state index in [1.807, 2.05) is 4.72 Å². The van der Waals surface area contributed by atoms with Crippen LogP contribution in [0.15, 0.2) is 23.1 Å². The van der Waals surface area contributed by atoms with Gasteiger partial charge in [-0.3, -0.25) is 4.79 Å². The number of carbonyl (C=O) groups excluding carboxylic acids is 1. The van der Waals surface area contributed by atoms with E-state index in [-0.39, 0.29) is 12.2 Å². The lowest BCUT2D eigenvalue weighted by Gasteiger charge is -2.11. The molecule has 0 aromatic heterocycles. The van der Waals surface area contributed by atoms with Crippen LogP contribution in [0.2, 0.25) is 0 Å². The maximum absolute atomic E-state index is 13.8. The Morgan fingerprint density at radius 2 is 2.20 bits per heavy atom. The van der Waals surface area contributed by atoms with Crippen LogP contribution in [0.1, 0.15) is 12.5 Å². The van der Waals surface area contributed by atoms with Crippen LogP contribution in [0.25, 0.3) is 0 Å². The molecule has 1 rings (SSSR count). The summed E-state index contributed by atoms with van der Waals surface area (Å²) in [5, 5.41) is 8.51. The van der Waals surface area contributed by atoms with Crippen molar-refractivity contribution < 1.29 is 22.7 Å². The fraction of sp³-hybridized carbons (Fsp3) is 0.250. The van der Waals surface area contributed by atoms with Crippen LogP contribution >= 0.6 is 0 Å². The van der Waals surface area contributed by atoms with Gasteiger partial charge < -0.3 is 10.8 Å². The lowest BCUT2D eigenvalue weighted by molar-refractivity contribution is -0.119. The Balaban J connectivity index is 3.11. The van der Waals surface area contributed by atoms with Crippen molar-refractivity contribution in [2.75, 3.05) is 6.61 Å². The number of aliphatic hydroxyl groups is 1. The van der Waals surface area contributed by atoms with Crippen LogP contribution in [-0.4, -0.2) is 32.1 Å². The molecule has 0 radical (unpaired) electrons. The topological polar surface area (TPSA) is 109 Å². The first-order valence-electron chi connectivity index (χ1n) is 5.49. The molecule has 8 heteroatoms. The molecule has 1 aromatic rings. The van der Waals surface area contributed by atoms with Crippen molar-refractivity contribution in [2.45, 2.75) is 17.9 Å². The molecule has 6 nitrogen and oxygen atoms in total. The largest absolute Gasteiger partial charge is 0.384 e. The molecule has 0 spiro atoms. The molecule has 1 amide bonds. The number of hydrogen-bond donors (Lipinski definition) is 3. The van der Waals surface area contributed by atoms with Crippen molar-refractivity contribution in [2.24, 2.45) is 5.73 Å². The summed E-state index contributed by atoms with van der Waals surface area (Å²) in [5.41, 5.74) is 5.16. The first-order valence-corrected chi connectivity index (χ1v) is 6.97. The zero-order chi connectivity index (χ0) is 15.3. The Labute approximate surface area is 115 Å². The highest BCUT2D eigenvalue weighted by atomic mass is 32.2. The van der Waals surface area contributed by atoms with Gasteiger partial charge in [-0.25, -0.2) is 12.8 Å². The standard InChI is InChI=1S/C12H13FN2O4S/c1-8(12(14)17)15-20(18,19)11-5-4-9(3-2-6-16)7-10(11)13/h4-5,7-8,15-16H,6H2,1H3,(H2,14,17). The number of aliphatic hydroxyl groups excluding tert-OH is 1. The highest BCUT2D eigenvalue weighted by molar-refractivity contribution is 7.89. The molecule has 20 heavy (non-hydrogen) atoms. The fourth-order valence-electron chi connectivity index (χ4n) is 1.29. The number of sulfonamides is 1. The number of benzene rings is 1. The maximum Gasteiger partial charge on any atom is 0.244 e. The minimum Gasteiger partial charge on any atom is -0.384 e. The van der Waals surface area contributed by atoms with Crippen molar-refractivity contribution >= 4 is 15.9 Å². The van der Waals surface area contributed by atoms with Gasteiger partial charge >= 0.3 is 0 Å². The highest BCUT2D eigenvalue weighted by Crippen LogP contribution is 2.16. The Morgan fingerprint density at radius 3 is 2.70 bits per heavy atom. The maximum atomic E-state index is 13.8. The van der Waals surface area contributed by atoms with Gasteiger partial charge in [0, 0.05) is 5.56 Å². The van der Waals surface area contributed by atoms with Crippen LogP contribution in [-0.2, 0) is 14.8 Å². The van der Waals surface area contributed by atoms with Crippen LogP contribution in [0.3, 0.4) is 0 Å². The molecule has 0 aliphatic carbocycles. The third-order valence-electron chi connectivity index (χ3n) is 2.29. The Morgan fingerprint density at radius 1 is 1.55 bits per heavy atom. The molecule has 1 atom stereocenters. The number of rotatable bonds is 4. The van der Waals surface area contributed by atoms with Gasteiger partial charge in [0.1, 0.15) is 17.3 Å². The van der Waals surface area contributed by atoms with Crippen LogP contribution in [0.5, 0.6) is 0 Å². The number of nitrogens with two attached hydrogens (primary N) is 1. The van der Waals surface area contributed by atoms with Gasteiger partial charge in [0.25, 0.3) is 0 Å². The zero-order valence-corrected chi connectivity index (χ0v) is 11.4. The van der Waals surface area contributed by atoms with E-state index >= 15 is 0 Å². The molecule has 1 unspecified atom stereocenters. The summed E-state index contributed by atoms with van der Waals surface area (Å²) in [4.78, 5) is 10.2. The molecule has 1 aromatic carbocycles. The van der Waals surface area contributed by atoms with E-state index in [0.717, 1.165) is 12.1 Å². The summed E-state index contributed by atoms with van der Waals surface area (Å²) in [6, 6.07) is 2.07. The number of halogens is 1. The molecule has 0 saturated carbocycles. The minimum atomic E-state index is -4.20. The van der Waals surface area contributed by atoms with E-state index in [9.17, 15) is 17.6 Å². The van der Waals surface area contributed by atoms with E-state index in [1.165, 1.54) is 13.0 Å². The van der Waals surface area contributed by atoms with Crippen molar-refractivity contribution in [1.82, 2.24) is 4.72 Å². The molecule has 0 fully saturated rings. The second kappa shape index (κ2) is 6.47. The second-order valence-corrected chi connectivity index (χ2v) is 5.53. The van der Waals surface area contributed by atoms with Gasteiger partial charge in [0.05, 0.1) is 6.04 Å². The molecule has 0 heterocycles. The van der Waals surface area contributed by atoms with Gasteiger partial charge in [-0.15, -0.1) is 0 Å². The Hall–Kier alpha value is -1.95. The van der Waals surface area contributed by atoms with Crippen molar-refractivity contribution in [3.8, 4) is 11.8 Å². The third-order valence-corrected chi connectivity index (χ3v) is 3.87. The summed E-state index contributed by atoms with van der Waals surface area (Å²) in [5.74, 6) is 2.86. The summed E-state index contributed by atoms with van der Waals surface area (Å²) in [6.45, 7) is 0.859. The highest BCUT2D eigenvalue weighted by Gasteiger charge is 2.23. The van der Waals surface area contributed by atoms with E-state index in [0.29, 0.717) is 0 Å². The number of hydrogen-bond acceptors (Lipinski definition) is 4. The second-order valence-electron chi connectivity index (χ2n) is 3.85. The molecular weight excluding hydrogens is 287 g/mol. The van der Waals surface area contributed by atoms with Gasteiger partial charge in [-0.05, 0) is 25.1 Å². The molecule has 0 aliphatic heterocycles. The average molecular weight is 300 g/mol. The molecular formula is C12H13FN2O4S. The normalized spacial score (nSPS) is 12.3. The van der Waals surface area contributed by atoms with Gasteiger partial charge in [-0.1, -0.05) is 11.8 Å². The van der Waals surface area contributed by atoms with E-state index in [2.05, 4.69) is 11.8 Å². The van der Waals surface area contributed by atoms with Crippen molar-refractivity contribution in [3.63, 3.8) is 0 Å². The first-order chi connectivity index (χ1) is 9.27. The summed E-state index contributed by atoms with van der Waals surface area (Å²) < 4.78 is 39.4. The third kappa shape index (κ3) is 4.03. The Kier molecular flexibility index (Phi) is 5.21. The molecule has 0 saturated heterocycles. The number of nitrogens with one attached hydrogen (secondary N) is 1. The van der Waals surface area contributed by atoms with Crippen molar-refractivity contribution in [3.05, 3.63) is 29.6 Å². The number of amides is 1. The van der Waals surface area contributed by atoms with Crippen LogP contribution < -0.4 is 10.5 Å². The molecule has 0 aliphatic rings. The zero-order valence-electron chi connectivity index (χ0n) is 10.6. The van der Waals surface area contributed by atoms with Gasteiger partial charge in [-0.2, -0.15) is 4.72 Å². The predicted molar refractivity (Wildman–Crippen MR) is 69.3 cm³/mol. The lowest BCUT2D eigenvalue weighted by atomic mass is 10.2. The smallest absolute Gasteiger partial charge is 0.244 e. The molecule has 0 bridgehead atoms.